The van der Waals surface area contributed by atoms with Crippen molar-refractivity contribution >= 4 is 22.4 Å². The van der Waals surface area contributed by atoms with Gasteiger partial charge in [-0.3, -0.25) is 0 Å². The van der Waals surface area contributed by atoms with Gasteiger partial charge in [-0.2, -0.15) is 0 Å². The van der Waals surface area contributed by atoms with Crippen molar-refractivity contribution < 1.29 is 13.2 Å². The first-order valence-corrected chi connectivity index (χ1v) is 7.84. The molecule has 0 spiro atoms. The van der Waals surface area contributed by atoms with Crippen molar-refractivity contribution in [3.8, 4) is 5.75 Å². The molecular weight excluding hydrogens is 300 g/mol. The Morgan fingerprint density at radius 3 is 2.40 bits per heavy atom. The fourth-order valence-electron chi connectivity index (χ4n) is 2.01. The maximum Gasteiger partial charge on any atom is 0.242 e. The monoisotopic (exact) mass is 320 g/mol. The van der Waals surface area contributed by atoms with Crippen LogP contribution in [0.3, 0.4) is 0 Å². The summed E-state index contributed by atoms with van der Waals surface area (Å²) in [5.41, 5.74) is 0. The number of hydrogen-bond acceptors (Lipinski definition) is 4. The molecule has 0 amide bonds. The van der Waals surface area contributed by atoms with Gasteiger partial charge in [0.05, 0.1) is 4.90 Å². The van der Waals surface area contributed by atoms with Gasteiger partial charge in [-0.15, -0.1) is 12.4 Å². The van der Waals surface area contributed by atoms with Gasteiger partial charge < -0.3 is 10.1 Å². The van der Waals surface area contributed by atoms with Crippen LogP contribution in [-0.4, -0.2) is 46.0 Å². The number of sulfonamides is 1. The molecule has 0 radical (unpaired) electrons. The molecule has 0 aliphatic carbocycles. The Balaban J connectivity index is 0.00000200. The van der Waals surface area contributed by atoms with Crippen molar-refractivity contribution in [2.24, 2.45) is 0 Å². The Labute approximate surface area is 126 Å². The van der Waals surface area contributed by atoms with Gasteiger partial charge in [0.1, 0.15) is 11.9 Å². The number of nitrogens with one attached hydrogen (secondary N) is 1. The molecule has 1 heterocycles. The van der Waals surface area contributed by atoms with E-state index in [0.717, 1.165) is 25.9 Å². The van der Waals surface area contributed by atoms with Gasteiger partial charge in [0.15, 0.2) is 0 Å². The Morgan fingerprint density at radius 1 is 1.25 bits per heavy atom. The Bertz CT molecular complexity index is 511. The number of halogens is 1. The number of nitrogens with zero attached hydrogens (tertiary/aromatic N) is 1. The second kappa shape index (κ2) is 7.26. The highest BCUT2D eigenvalue weighted by molar-refractivity contribution is 7.89. The van der Waals surface area contributed by atoms with Crippen LogP contribution in [0, 0.1) is 0 Å². The van der Waals surface area contributed by atoms with E-state index in [4.69, 9.17) is 4.74 Å². The SMILES string of the molecule is CN(C)S(=O)(=O)c1ccc(OC2CCCNC2)cc1.Cl. The lowest BCUT2D eigenvalue weighted by Gasteiger charge is -2.24. The van der Waals surface area contributed by atoms with E-state index in [1.165, 1.54) is 18.4 Å². The molecule has 0 bridgehead atoms. The number of hydrogen-bond donors (Lipinski definition) is 1. The third kappa shape index (κ3) is 4.09. The van der Waals surface area contributed by atoms with Crippen molar-refractivity contribution in [1.29, 1.82) is 0 Å². The van der Waals surface area contributed by atoms with Crippen molar-refractivity contribution in [3.63, 3.8) is 0 Å². The molecule has 1 atom stereocenters. The van der Waals surface area contributed by atoms with Crippen LogP contribution in [0.4, 0.5) is 0 Å². The summed E-state index contributed by atoms with van der Waals surface area (Å²) < 4.78 is 30.8. The first-order chi connectivity index (χ1) is 9.00. The zero-order chi connectivity index (χ0) is 13.9. The smallest absolute Gasteiger partial charge is 0.242 e. The summed E-state index contributed by atoms with van der Waals surface area (Å²) in [7, 11) is -0.319. The second-order valence-corrected chi connectivity index (χ2v) is 7.00. The summed E-state index contributed by atoms with van der Waals surface area (Å²) in [5.74, 6) is 0.714. The maximum absolute atomic E-state index is 11.9. The molecule has 1 aromatic rings. The zero-order valence-corrected chi connectivity index (χ0v) is 13.3. The molecule has 5 nitrogen and oxygen atoms in total. The molecule has 7 heteroatoms. The van der Waals surface area contributed by atoms with Crippen LogP contribution in [-0.2, 0) is 10.0 Å². The molecule has 1 aliphatic rings. The third-order valence-electron chi connectivity index (χ3n) is 3.16. The standard InChI is InChI=1S/C13H20N2O3S.ClH/c1-15(2)19(16,17)13-7-5-11(6-8-13)18-12-4-3-9-14-10-12;/h5-8,12,14H,3-4,9-10H2,1-2H3;1H. The lowest BCUT2D eigenvalue weighted by Crippen LogP contribution is -2.37. The van der Waals surface area contributed by atoms with E-state index in [-0.39, 0.29) is 23.4 Å². The highest BCUT2D eigenvalue weighted by atomic mass is 35.5. The van der Waals surface area contributed by atoms with E-state index in [0.29, 0.717) is 5.75 Å². The molecule has 1 aliphatic heterocycles. The predicted molar refractivity (Wildman–Crippen MR) is 81.1 cm³/mol. The lowest BCUT2D eigenvalue weighted by atomic mass is 10.1. The van der Waals surface area contributed by atoms with Gasteiger partial charge in [-0.05, 0) is 43.7 Å². The van der Waals surface area contributed by atoms with Gasteiger partial charge in [0, 0.05) is 20.6 Å². The molecule has 0 saturated carbocycles. The number of piperidine rings is 1. The molecule has 1 saturated heterocycles. The summed E-state index contributed by atoms with van der Waals surface area (Å²) in [6, 6.07) is 6.60. The first-order valence-electron chi connectivity index (χ1n) is 6.40. The molecular formula is C13H21ClN2O3S. The van der Waals surface area contributed by atoms with Gasteiger partial charge in [0.2, 0.25) is 10.0 Å². The quantitative estimate of drug-likeness (QED) is 0.913. The van der Waals surface area contributed by atoms with E-state index in [2.05, 4.69) is 5.32 Å². The molecule has 1 fully saturated rings. The highest BCUT2D eigenvalue weighted by Crippen LogP contribution is 2.20. The fraction of sp³-hybridized carbons (Fsp3) is 0.538. The van der Waals surface area contributed by atoms with E-state index < -0.39 is 10.0 Å². The molecule has 114 valence electrons. The van der Waals surface area contributed by atoms with Crippen molar-refractivity contribution in [3.05, 3.63) is 24.3 Å². The zero-order valence-electron chi connectivity index (χ0n) is 11.7. The van der Waals surface area contributed by atoms with Gasteiger partial charge in [0.25, 0.3) is 0 Å². The summed E-state index contributed by atoms with van der Waals surface area (Å²) in [4.78, 5) is 0.284. The van der Waals surface area contributed by atoms with E-state index in [1.54, 1.807) is 24.3 Å². The van der Waals surface area contributed by atoms with Crippen molar-refractivity contribution in [2.45, 2.75) is 23.8 Å². The van der Waals surface area contributed by atoms with E-state index in [9.17, 15) is 8.42 Å². The lowest BCUT2D eigenvalue weighted by molar-refractivity contribution is 0.167. The predicted octanol–water partition coefficient (Wildman–Crippen LogP) is 1.49. The minimum absolute atomic E-state index is 0. The van der Waals surface area contributed by atoms with Crippen LogP contribution in [0.25, 0.3) is 0 Å². The van der Waals surface area contributed by atoms with Crippen molar-refractivity contribution in [1.82, 2.24) is 9.62 Å². The topological polar surface area (TPSA) is 58.6 Å². The molecule has 1 aromatic carbocycles. The van der Waals surface area contributed by atoms with Crippen molar-refractivity contribution in [2.75, 3.05) is 27.2 Å². The van der Waals surface area contributed by atoms with Crippen LogP contribution in [0.5, 0.6) is 5.75 Å². The van der Waals surface area contributed by atoms with Gasteiger partial charge in [-0.25, -0.2) is 12.7 Å². The van der Waals surface area contributed by atoms with Crippen LogP contribution in [0.15, 0.2) is 29.2 Å². The molecule has 1 unspecified atom stereocenters. The summed E-state index contributed by atoms with van der Waals surface area (Å²) >= 11 is 0. The minimum Gasteiger partial charge on any atom is -0.489 e. The Morgan fingerprint density at radius 2 is 1.90 bits per heavy atom. The largest absolute Gasteiger partial charge is 0.489 e. The van der Waals surface area contributed by atoms with Gasteiger partial charge >= 0.3 is 0 Å². The summed E-state index contributed by atoms with van der Waals surface area (Å²) in [6.45, 7) is 1.89. The van der Waals surface area contributed by atoms with Crippen LogP contribution in [0.1, 0.15) is 12.8 Å². The summed E-state index contributed by atoms with van der Waals surface area (Å²) in [6.07, 6.45) is 2.31. The van der Waals surface area contributed by atoms with Crippen LogP contribution < -0.4 is 10.1 Å². The first kappa shape index (κ1) is 17.2. The number of benzene rings is 1. The normalized spacial score (nSPS) is 19.4. The molecule has 0 aromatic heterocycles. The molecule has 20 heavy (non-hydrogen) atoms. The third-order valence-corrected chi connectivity index (χ3v) is 4.99. The minimum atomic E-state index is -3.36. The van der Waals surface area contributed by atoms with Crippen LogP contribution >= 0.6 is 12.4 Å². The highest BCUT2D eigenvalue weighted by Gasteiger charge is 2.18. The molecule has 2 rings (SSSR count). The fourth-order valence-corrected chi connectivity index (χ4v) is 2.92. The Kier molecular flexibility index (Phi) is 6.26. The Hall–Kier alpha value is -0.820. The maximum atomic E-state index is 11.9. The molecule has 1 N–H and O–H groups in total. The number of ether oxygens (including phenoxy) is 1. The second-order valence-electron chi connectivity index (χ2n) is 4.85. The van der Waals surface area contributed by atoms with Crippen LogP contribution in [0.2, 0.25) is 0 Å². The van der Waals surface area contributed by atoms with Gasteiger partial charge in [-0.1, -0.05) is 0 Å². The average Bonchev–Trinajstić information content (AvgIpc) is 2.40. The average molecular weight is 321 g/mol. The number of rotatable bonds is 4. The summed E-state index contributed by atoms with van der Waals surface area (Å²) in [5, 5.41) is 3.28. The van der Waals surface area contributed by atoms with E-state index >= 15 is 0 Å². The van der Waals surface area contributed by atoms with E-state index in [1.807, 2.05) is 0 Å².